The van der Waals surface area contributed by atoms with Gasteiger partial charge in [-0.3, -0.25) is 29.9 Å². The maximum Gasteiger partial charge on any atom is 0.329 e. The van der Waals surface area contributed by atoms with Gasteiger partial charge in [0, 0.05) is 75.2 Å². The van der Waals surface area contributed by atoms with Gasteiger partial charge in [0.25, 0.3) is 0 Å². The van der Waals surface area contributed by atoms with E-state index in [1.54, 1.807) is 45.2 Å². The number of anilines is 6. The summed E-state index contributed by atoms with van der Waals surface area (Å²) in [6.07, 6.45) is 8.93. The van der Waals surface area contributed by atoms with Gasteiger partial charge in [0.05, 0.1) is 33.8 Å². The lowest BCUT2D eigenvalue weighted by molar-refractivity contribution is -0.120. The third kappa shape index (κ3) is 8.41. The average molecular weight is 829 g/mol. The molecule has 3 N–H and O–H groups in total. The van der Waals surface area contributed by atoms with Crippen molar-refractivity contribution in [3.8, 4) is 5.75 Å². The fourth-order valence-electron chi connectivity index (χ4n) is 7.13. The number of carbonyl (C=O) groups is 2. The Morgan fingerprint density at radius 3 is 2.47 bits per heavy atom. The maximum absolute atomic E-state index is 13.5. The quantitative estimate of drug-likeness (QED) is 0.129. The number of nitrogens with zero attached hydrogens (tertiary/aromatic N) is 8. The van der Waals surface area contributed by atoms with Gasteiger partial charge in [-0.15, -0.1) is 0 Å². The molecule has 5 heterocycles. The van der Waals surface area contributed by atoms with Crippen LogP contribution in [0.4, 0.5) is 39.4 Å². The number of fused-ring (bicyclic) bond motifs is 1. The number of aryl methyl sites for hydroxylation is 1. The summed E-state index contributed by atoms with van der Waals surface area (Å²) in [5, 5.41) is 9.64. The molecular formula is C38H43BrN11O4P. The highest BCUT2D eigenvalue weighted by Gasteiger charge is 2.27. The SMILES string of the molecule is COc1cc(N2CCC(N(C)Cc3ccc(N4CCC(=O)NC4=O)nc3)CC2)c(C)cc1Nc1ncc(Br)c(Nc2ccc3nccnc3c2P(C)(C)=O)n1. The minimum absolute atomic E-state index is 0.263. The molecule has 0 radical (unpaired) electrons. The normalized spacial score (nSPS) is 15.4. The van der Waals surface area contributed by atoms with Gasteiger partial charge in [-0.25, -0.2) is 14.8 Å². The van der Waals surface area contributed by atoms with Crippen molar-refractivity contribution in [2.75, 3.05) is 67.6 Å². The third-order valence-corrected chi connectivity index (χ3v) is 12.0. The standard InChI is InChI=1S/C38H43BrN11O4P/c1-23-18-29(45-37-43-21-26(39)36(47-37)44-28-8-7-27-34(41-14-13-40-27)35(28)55(4,5)53)31(54-3)19-30(23)49-15-10-25(11-16-49)48(2)22-24-6-9-32(42-20-24)50-17-12-33(51)46-38(50)52/h6-9,13-14,18-21,25H,10-12,15-17,22H2,1-5H3,(H,46,51,52)(H2,43,44,45,47). The molecular weight excluding hydrogens is 785 g/mol. The van der Waals surface area contributed by atoms with E-state index in [0.29, 0.717) is 62.4 Å². The van der Waals surface area contributed by atoms with Gasteiger partial charge >= 0.3 is 6.03 Å². The molecule has 2 fully saturated rings. The van der Waals surface area contributed by atoms with Crippen molar-refractivity contribution in [3.63, 3.8) is 0 Å². The Bertz CT molecular complexity index is 2300. The molecule has 0 spiro atoms. The van der Waals surface area contributed by atoms with Gasteiger partial charge in [-0.1, -0.05) is 6.07 Å². The first-order valence-corrected chi connectivity index (χ1v) is 21.3. The van der Waals surface area contributed by atoms with Crippen molar-refractivity contribution in [2.45, 2.75) is 38.8 Å². The van der Waals surface area contributed by atoms with Crippen LogP contribution in [0.1, 0.15) is 30.4 Å². The van der Waals surface area contributed by atoms with Crippen LogP contribution in [-0.2, 0) is 15.9 Å². The summed E-state index contributed by atoms with van der Waals surface area (Å²) in [5.41, 5.74) is 5.89. The Balaban J connectivity index is 1.00. The molecule has 2 aliphatic heterocycles. The molecule has 5 aromatic rings. The van der Waals surface area contributed by atoms with Gasteiger partial charge in [0.1, 0.15) is 30.0 Å². The zero-order valence-electron chi connectivity index (χ0n) is 31.3. The molecule has 0 atom stereocenters. The molecule has 0 aliphatic carbocycles. The van der Waals surface area contributed by atoms with E-state index in [1.165, 1.54) is 4.90 Å². The fourth-order valence-corrected chi connectivity index (χ4v) is 8.82. The van der Waals surface area contributed by atoms with Crippen molar-refractivity contribution >= 4 is 86.0 Å². The number of rotatable bonds is 11. The first-order valence-electron chi connectivity index (χ1n) is 17.9. The van der Waals surface area contributed by atoms with Gasteiger partial charge in [0.2, 0.25) is 11.9 Å². The van der Waals surface area contributed by atoms with Crippen molar-refractivity contribution in [2.24, 2.45) is 0 Å². The second kappa shape index (κ2) is 15.9. The molecule has 55 heavy (non-hydrogen) atoms. The summed E-state index contributed by atoms with van der Waals surface area (Å²) in [4.78, 5) is 52.6. The second-order valence-corrected chi connectivity index (χ2v) is 18.1. The number of amides is 3. The molecule has 286 valence electrons. The number of hydrogen-bond donors (Lipinski definition) is 3. The van der Waals surface area contributed by atoms with Gasteiger partial charge in [-0.05, 0) is 91.5 Å². The summed E-state index contributed by atoms with van der Waals surface area (Å²) in [6.45, 7) is 8.37. The van der Waals surface area contributed by atoms with E-state index in [2.05, 4.69) is 87.7 Å². The van der Waals surface area contributed by atoms with Crippen LogP contribution in [0, 0.1) is 6.92 Å². The number of methoxy groups -OCH3 is 1. The molecule has 17 heteroatoms. The van der Waals surface area contributed by atoms with Crippen molar-refractivity contribution < 1.29 is 18.9 Å². The maximum atomic E-state index is 13.5. The fraction of sp³-hybridized carbons (Fsp3) is 0.342. The van der Waals surface area contributed by atoms with Gasteiger partial charge in [-0.2, -0.15) is 4.98 Å². The lowest BCUT2D eigenvalue weighted by Gasteiger charge is -2.38. The van der Waals surface area contributed by atoms with E-state index in [0.717, 1.165) is 55.0 Å². The topological polar surface area (TPSA) is 171 Å². The average Bonchev–Trinajstić information content (AvgIpc) is 3.16. The van der Waals surface area contributed by atoms with Crippen LogP contribution in [-0.4, -0.2) is 94.9 Å². The first-order chi connectivity index (χ1) is 26.4. The largest absolute Gasteiger partial charge is 0.494 e. The Hall–Kier alpha value is -5.18. The highest BCUT2D eigenvalue weighted by Crippen LogP contribution is 2.42. The zero-order valence-corrected chi connectivity index (χ0v) is 33.8. The van der Waals surface area contributed by atoms with Gasteiger partial charge < -0.3 is 24.8 Å². The Kier molecular flexibility index (Phi) is 11.0. The molecule has 2 saturated heterocycles. The van der Waals surface area contributed by atoms with Crippen LogP contribution < -0.4 is 35.8 Å². The van der Waals surface area contributed by atoms with E-state index in [4.69, 9.17) is 9.72 Å². The zero-order chi connectivity index (χ0) is 38.9. The Labute approximate surface area is 327 Å². The van der Waals surface area contributed by atoms with Crippen LogP contribution in [0.2, 0.25) is 0 Å². The molecule has 0 unspecified atom stereocenters. The van der Waals surface area contributed by atoms with E-state index >= 15 is 0 Å². The van der Waals surface area contributed by atoms with E-state index in [1.807, 2.05) is 24.3 Å². The van der Waals surface area contributed by atoms with Crippen LogP contribution >= 0.6 is 23.1 Å². The molecule has 2 aliphatic rings. The number of hydrogen-bond acceptors (Lipinski definition) is 13. The smallest absolute Gasteiger partial charge is 0.329 e. The number of benzene rings is 2. The molecule has 15 nitrogen and oxygen atoms in total. The molecule has 0 bridgehead atoms. The van der Waals surface area contributed by atoms with E-state index in [-0.39, 0.29) is 12.3 Å². The molecule has 0 saturated carbocycles. The monoisotopic (exact) mass is 827 g/mol. The summed E-state index contributed by atoms with van der Waals surface area (Å²) >= 11 is 3.57. The number of halogens is 1. The lowest BCUT2D eigenvalue weighted by Crippen LogP contribution is -2.49. The highest BCUT2D eigenvalue weighted by atomic mass is 79.9. The summed E-state index contributed by atoms with van der Waals surface area (Å²) in [7, 11) is 1.02. The number of ether oxygens (including phenoxy) is 1. The minimum Gasteiger partial charge on any atom is -0.494 e. The lowest BCUT2D eigenvalue weighted by atomic mass is 10.0. The van der Waals surface area contributed by atoms with E-state index in [9.17, 15) is 14.2 Å². The number of urea groups is 1. The number of imide groups is 1. The second-order valence-electron chi connectivity index (χ2n) is 14.1. The first kappa shape index (κ1) is 38.1. The number of pyridine rings is 1. The summed E-state index contributed by atoms with van der Waals surface area (Å²) < 4.78 is 20.0. The predicted octanol–water partition coefficient (Wildman–Crippen LogP) is 6.18. The van der Waals surface area contributed by atoms with E-state index < -0.39 is 13.2 Å². The van der Waals surface area contributed by atoms with Crippen molar-refractivity contribution in [1.29, 1.82) is 0 Å². The molecule has 7 rings (SSSR count). The number of aromatic nitrogens is 5. The Morgan fingerprint density at radius 1 is 0.982 bits per heavy atom. The summed E-state index contributed by atoms with van der Waals surface area (Å²) in [6, 6.07) is 11.6. The van der Waals surface area contributed by atoms with Gasteiger partial charge in [0.15, 0.2) is 0 Å². The van der Waals surface area contributed by atoms with Crippen LogP contribution in [0.25, 0.3) is 11.0 Å². The Morgan fingerprint density at radius 2 is 1.76 bits per heavy atom. The van der Waals surface area contributed by atoms with Crippen LogP contribution in [0.5, 0.6) is 5.75 Å². The summed E-state index contributed by atoms with van der Waals surface area (Å²) in [5.74, 6) is 1.79. The number of piperidine rings is 1. The molecule has 2 aromatic carbocycles. The van der Waals surface area contributed by atoms with Crippen LogP contribution in [0.15, 0.2) is 65.7 Å². The van der Waals surface area contributed by atoms with Crippen molar-refractivity contribution in [3.05, 3.63) is 76.8 Å². The number of carbonyl (C=O) groups excluding carboxylic acids is 2. The highest BCUT2D eigenvalue weighted by molar-refractivity contribution is 9.10. The van der Waals surface area contributed by atoms with Crippen molar-refractivity contribution in [1.82, 2.24) is 35.1 Å². The molecule has 3 amide bonds. The predicted molar refractivity (Wildman–Crippen MR) is 219 cm³/mol. The number of nitrogens with one attached hydrogen (secondary N) is 3. The third-order valence-electron chi connectivity index (χ3n) is 9.91. The molecule has 3 aromatic heterocycles. The minimum atomic E-state index is -2.77. The van der Waals surface area contributed by atoms with Crippen LogP contribution in [0.3, 0.4) is 0 Å².